The molecule has 20 heavy (non-hydrogen) atoms. The summed E-state index contributed by atoms with van der Waals surface area (Å²) >= 11 is 0. The maximum atomic E-state index is 6.48. The van der Waals surface area contributed by atoms with E-state index in [0.29, 0.717) is 11.8 Å². The minimum atomic E-state index is -0.0237. The number of ether oxygens (including phenoxy) is 1. The molecule has 2 aliphatic rings. The van der Waals surface area contributed by atoms with Gasteiger partial charge in [-0.25, -0.2) is 4.84 Å². The zero-order chi connectivity index (χ0) is 14.6. The van der Waals surface area contributed by atoms with Gasteiger partial charge >= 0.3 is 0 Å². The monoisotopic (exact) mass is 281 g/mol. The Balaban J connectivity index is 2.15. The molecule has 0 aliphatic carbocycles. The second-order valence-electron chi connectivity index (χ2n) is 6.07. The van der Waals surface area contributed by atoms with Gasteiger partial charge < -0.3 is 9.64 Å². The minimum absolute atomic E-state index is 0.0237. The van der Waals surface area contributed by atoms with E-state index in [0.717, 1.165) is 19.5 Å². The van der Waals surface area contributed by atoms with Crippen LogP contribution in [0.4, 0.5) is 0 Å². The number of quaternary nitrogens is 1. The van der Waals surface area contributed by atoms with Gasteiger partial charge in [0.25, 0.3) is 0 Å². The highest BCUT2D eigenvalue weighted by atomic mass is 16.7. The fourth-order valence-electron chi connectivity index (χ4n) is 3.53. The van der Waals surface area contributed by atoms with Gasteiger partial charge in [-0.05, 0) is 31.8 Å². The highest BCUT2D eigenvalue weighted by Crippen LogP contribution is 2.43. The Bertz CT molecular complexity index is 358. The maximum Gasteiger partial charge on any atom is 0.226 e. The van der Waals surface area contributed by atoms with Crippen molar-refractivity contribution in [1.29, 1.82) is 0 Å². The molecule has 2 rings (SSSR count). The van der Waals surface area contributed by atoms with Gasteiger partial charge in [0.15, 0.2) is 0 Å². The first kappa shape index (κ1) is 15.7. The zero-order valence-corrected chi connectivity index (χ0v) is 13.0. The molecule has 1 spiro atoms. The summed E-state index contributed by atoms with van der Waals surface area (Å²) in [5, 5.41) is 0. The fraction of sp³-hybridized carbons (Fsp3) is 0.750. The Hall–Kier alpha value is -0.680. The standard InChI is InChI=1S/C16H28N2O2/c1-5-7-8-14-11-16(20-15(14)17-19-4)12-18(6-2)10-9-13(16)3/h5,7-8,13-15,17H,1,6,9-12H2,2-4H3/p+1. The molecule has 114 valence electrons. The van der Waals surface area contributed by atoms with Crippen molar-refractivity contribution in [1.82, 2.24) is 4.90 Å². The van der Waals surface area contributed by atoms with Crippen molar-refractivity contribution < 1.29 is 15.1 Å². The van der Waals surface area contributed by atoms with E-state index in [-0.39, 0.29) is 11.8 Å². The van der Waals surface area contributed by atoms with E-state index in [4.69, 9.17) is 9.57 Å². The summed E-state index contributed by atoms with van der Waals surface area (Å²) < 4.78 is 6.48. The predicted molar refractivity (Wildman–Crippen MR) is 79.9 cm³/mol. The quantitative estimate of drug-likeness (QED) is 0.610. The molecule has 0 amide bonds. The summed E-state index contributed by atoms with van der Waals surface area (Å²) in [7, 11) is 1.70. The van der Waals surface area contributed by atoms with Crippen molar-refractivity contribution >= 4 is 0 Å². The lowest BCUT2D eigenvalue weighted by atomic mass is 9.78. The highest BCUT2D eigenvalue weighted by molar-refractivity contribution is 5.07. The van der Waals surface area contributed by atoms with Crippen molar-refractivity contribution in [2.45, 2.75) is 38.5 Å². The second-order valence-corrected chi connectivity index (χ2v) is 6.07. The number of hydroxylamine groups is 1. The summed E-state index contributed by atoms with van der Waals surface area (Å²) in [6, 6.07) is 0. The van der Waals surface area contributed by atoms with Crippen LogP contribution in [0.25, 0.3) is 0 Å². The zero-order valence-electron chi connectivity index (χ0n) is 13.0. The summed E-state index contributed by atoms with van der Waals surface area (Å²) in [5.41, 5.74) is 1.81. The number of likely N-dealkylation sites (tertiary alicyclic amines) is 1. The Labute approximate surface area is 122 Å². The van der Waals surface area contributed by atoms with Crippen LogP contribution in [0.3, 0.4) is 0 Å². The number of allylic oxidation sites excluding steroid dienone is 2. The van der Waals surface area contributed by atoms with Crippen LogP contribution < -0.4 is 5.48 Å². The Kier molecular flexibility index (Phi) is 5.38. The average Bonchev–Trinajstić information content (AvgIpc) is 2.79. The van der Waals surface area contributed by atoms with E-state index in [1.54, 1.807) is 7.11 Å². The molecule has 2 N–H and O–H groups in total. The van der Waals surface area contributed by atoms with Crippen molar-refractivity contribution in [2.75, 3.05) is 26.7 Å². The Morgan fingerprint density at radius 1 is 1.55 bits per heavy atom. The fourth-order valence-corrected chi connectivity index (χ4v) is 3.53. The van der Waals surface area contributed by atoms with Crippen LogP contribution in [-0.2, 0) is 9.57 Å². The van der Waals surface area contributed by atoms with Gasteiger partial charge in [-0.15, -0.1) is 0 Å². The summed E-state index contributed by atoms with van der Waals surface area (Å²) in [4.78, 5) is 7.74. The van der Waals surface area contributed by atoms with Gasteiger partial charge in [0.1, 0.15) is 0 Å². The molecule has 0 radical (unpaired) electrons. The number of nitrogens with two attached hydrogens (primary N) is 1. The highest BCUT2D eigenvalue weighted by Gasteiger charge is 2.53. The molecule has 2 saturated heterocycles. The third kappa shape index (κ3) is 3.14. The van der Waals surface area contributed by atoms with Gasteiger partial charge in [-0.1, -0.05) is 38.7 Å². The third-order valence-electron chi connectivity index (χ3n) is 4.85. The number of nitrogens with zero attached hydrogens (tertiary/aromatic N) is 1. The molecular formula is C16H29N2O2+. The smallest absolute Gasteiger partial charge is 0.226 e. The summed E-state index contributed by atoms with van der Waals surface area (Å²) in [6.07, 6.45) is 8.40. The SMILES string of the molecule is C=CC=CC1CC2(CN(CC)CCC2C)OC1[NH2+]OC. The van der Waals surface area contributed by atoms with Crippen LogP contribution >= 0.6 is 0 Å². The first-order chi connectivity index (χ1) is 9.65. The van der Waals surface area contributed by atoms with Gasteiger partial charge in [-0.3, -0.25) is 0 Å². The molecule has 0 aromatic rings. The van der Waals surface area contributed by atoms with Crippen molar-refractivity contribution in [2.24, 2.45) is 11.8 Å². The van der Waals surface area contributed by atoms with Crippen LogP contribution in [0.5, 0.6) is 0 Å². The Morgan fingerprint density at radius 2 is 2.35 bits per heavy atom. The third-order valence-corrected chi connectivity index (χ3v) is 4.85. The van der Waals surface area contributed by atoms with E-state index < -0.39 is 0 Å². The van der Waals surface area contributed by atoms with E-state index >= 15 is 0 Å². The van der Waals surface area contributed by atoms with E-state index in [1.165, 1.54) is 13.0 Å². The predicted octanol–water partition coefficient (Wildman–Crippen LogP) is 1.32. The maximum absolute atomic E-state index is 6.48. The number of piperidine rings is 1. The van der Waals surface area contributed by atoms with Gasteiger partial charge in [0.05, 0.1) is 18.6 Å². The van der Waals surface area contributed by atoms with Gasteiger partial charge in [-0.2, -0.15) is 5.48 Å². The molecule has 0 aromatic heterocycles. The van der Waals surface area contributed by atoms with Crippen LogP contribution in [0.2, 0.25) is 0 Å². The minimum Gasteiger partial charge on any atom is -0.318 e. The number of likely N-dealkylation sites (N-methyl/N-ethyl adjacent to an activating group) is 1. The lowest BCUT2D eigenvalue weighted by Crippen LogP contribution is -2.90. The van der Waals surface area contributed by atoms with E-state index in [2.05, 4.69) is 31.4 Å². The molecule has 0 saturated carbocycles. The molecule has 4 heteroatoms. The van der Waals surface area contributed by atoms with Gasteiger partial charge in [0.2, 0.25) is 6.23 Å². The molecule has 2 fully saturated rings. The van der Waals surface area contributed by atoms with E-state index in [9.17, 15) is 0 Å². The van der Waals surface area contributed by atoms with Crippen LogP contribution in [0, 0.1) is 11.8 Å². The van der Waals surface area contributed by atoms with Crippen molar-refractivity contribution in [3.05, 3.63) is 24.8 Å². The summed E-state index contributed by atoms with van der Waals surface area (Å²) in [6.45, 7) is 11.6. The Morgan fingerprint density at radius 3 is 3.00 bits per heavy atom. The number of rotatable bonds is 5. The largest absolute Gasteiger partial charge is 0.318 e. The lowest BCUT2D eigenvalue weighted by molar-refractivity contribution is -0.935. The first-order valence-electron chi connectivity index (χ1n) is 7.70. The van der Waals surface area contributed by atoms with E-state index in [1.807, 2.05) is 17.6 Å². The van der Waals surface area contributed by atoms with Gasteiger partial charge in [0, 0.05) is 6.54 Å². The number of hydrogen-bond donors (Lipinski definition) is 1. The lowest BCUT2D eigenvalue weighted by Gasteiger charge is -2.43. The molecule has 0 aromatic carbocycles. The van der Waals surface area contributed by atoms with Crippen LogP contribution in [0.15, 0.2) is 24.8 Å². The van der Waals surface area contributed by atoms with Crippen molar-refractivity contribution in [3.63, 3.8) is 0 Å². The molecule has 4 atom stereocenters. The topological polar surface area (TPSA) is 38.3 Å². The molecule has 2 aliphatic heterocycles. The average molecular weight is 281 g/mol. The van der Waals surface area contributed by atoms with Crippen LogP contribution in [0.1, 0.15) is 26.7 Å². The molecule has 4 nitrogen and oxygen atoms in total. The normalized spacial score (nSPS) is 38.9. The van der Waals surface area contributed by atoms with Crippen LogP contribution in [-0.4, -0.2) is 43.5 Å². The second kappa shape index (κ2) is 6.85. The molecule has 4 unspecified atom stereocenters. The van der Waals surface area contributed by atoms with Crippen molar-refractivity contribution in [3.8, 4) is 0 Å². The summed E-state index contributed by atoms with van der Waals surface area (Å²) in [5.74, 6) is 0.979. The molecular weight excluding hydrogens is 252 g/mol. The molecule has 0 bridgehead atoms. The first-order valence-corrected chi connectivity index (χ1v) is 7.70. The molecule has 2 heterocycles. The number of hydrogen-bond acceptors (Lipinski definition) is 3.